The van der Waals surface area contributed by atoms with E-state index in [-0.39, 0.29) is 11.7 Å². The second-order valence-electron chi connectivity index (χ2n) is 3.53. The zero-order valence-corrected chi connectivity index (χ0v) is 11.4. The van der Waals surface area contributed by atoms with E-state index in [9.17, 15) is 4.79 Å². The van der Waals surface area contributed by atoms with Crippen LogP contribution in [0.5, 0.6) is 0 Å². The quantitative estimate of drug-likeness (QED) is 0.843. The number of hydrogen-bond acceptors (Lipinski definition) is 6. The van der Waals surface area contributed by atoms with Crippen molar-refractivity contribution in [3.63, 3.8) is 0 Å². The molecule has 0 unspecified atom stereocenters. The van der Waals surface area contributed by atoms with Crippen molar-refractivity contribution >= 4 is 39.8 Å². The smallest absolute Gasteiger partial charge is 0.235 e. The highest BCUT2D eigenvalue weighted by Gasteiger charge is 2.08. The predicted octanol–water partition coefficient (Wildman–Crippen LogP) is 2.33. The Labute approximate surface area is 118 Å². The van der Waals surface area contributed by atoms with Gasteiger partial charge >= 0.3 is 0 Å². The van der Waals surface area contributed by atoms with E-state index in [4.69, 9.17) is 11.0 Å². The fraction of sp³-hybridized carbons (Fsp3) is 0.0833. The maximum Gasteiger partial charge on any atom is 0.235 e. The molecule has 0 bridgehead atoms. The third-order valence-corrected chi connectivity index (χ3v) is 3.98. The minimum absolute atomic E-state index is 0.152. The van der Waals surface area contributed by atoms with Gasteiger partial charge in [0.05, 0.1) is 11.3 Å². The van der Waals surface area contributed by atoms with Crippen molar-refractivity contribution in [1.82, 2.24) is 4.98 Å². The highest BCUT2D eigenvalue weighted by atomic mass is 32.2. The van der Waals surface area contributed by atoms with E-state index in [1.165, 1.54) is 23.1 Å². The number of nitriles is 1. The molecule has 5 nitrogen and oxygen atoms in total. The SMILES string of the molecule is N#Cc1ccsc1NC(=O)CSc1ccc(N)nc1. The van der Waals surface area contributed by atoms with Crippen molar-refractivity contribution in [3.8, 4) is 6.07 Å². The summed E-state index contributed by atoms with van der Waals surface area (Å²) in [6, 6.07) is 7.20. The zero-order valence-electron chi connectivity index (χ0n) is 9.79. The molecule has 0 fully saturated rings. The monoisotopic (exact) mass is 290 g/mol. The number of carbonyl (C=O) groups is 1. The molecular formula is C12H10N4OS2. The Morgan fingerprint density at radius 2 is 2.37 bits per heavy atom. The summed E-state index contributed by atoms with van der Waals surface area (Å²) in [4.78, 5) is 16.6. The number of nitrogens with zero attached hydrogens (tertiary/aromatic N) is 2. The second kappa shape index (κ2) is 6.22. The van der Waals surface area contributed by atoms with Crippen LogP contribution in [0.25, 0.3) is 0 Å². The first kappa shape index (κ1) is 13.4. The van der Waals surface area contributed by atoms with Gasteiger partial charge in [0.15, 0.2) is 0 Å². The Morgan fingerprint density at radius 1 is 1.53 bits per heavy atom. The van der Waals surface area contributed by atoms with Gasteiger partial charge in [0.25, 0.3) is 0 Å². The average Bonchev–Trinajstić information content (AvgIpc) is 2.85. The van der Waals surface area contributed by atoms with Crippen LogP contribution in [0.1, 0.15) is 5.56 Å². The number of aromatic nitrogens is 1. The van der Waals surface area contributed by atoms with Gasteiger partial charge in [-0.3, -0.25) is 4.79 Å². The molecule has 3 N–H and O–H groups in total. The molecule has 19 heavy (non-hydrogen) atoms. The first-order valence-electron chi connectivity index (χ1n) is 5.31. The molecule has 0 saturated carbocycles. The molecule has 7 heteroatoms. The minimum atomic E-state index is -0.152. The lowest BCUT2D eigenvalue weighted by atomic mass is 10.3. The molecule has 2 rings (SSSR count). The van der Waals surface area contributed by atoms with Crippen LogP contribution < -0.4 is 11.1 Å². The Morgan fingerprint density at radius 3 is 3.05 bits per heavy atom. The third kappa shape index (κ3) is 3.71. The summed E-state index contributed by atoms with van der Waals surface area (Å²) in [5, 5.41) is 13.9. The largest absolute Gasteiger partial charge is 0.384 e. The molecule has 0 aliphatic heterocycles. The van der Waals surface area contributed by atoms with Gasteiger partial charge in [0.1, 0.15) is 16.9 Å². The summed E-state index contributed by atoms with van der Waals surface area (Å²) in [7, 11) is 0. The van der Waals surface area contributed by atoms with Crippen LogP contribution in [-0.2, 0) is 4.79 Å². The molecule has 0 spiro atoms. The Bertz CT molecular complexity index is 615. The van der Waals surface area contributed by atoms with Crippen molar-refractivity contribution < 1.29 is 4.79 Å². The van der Waals surface area contributed by atoms with E-state index in [0.29, 0.717) is 16.4 Å². The van der Waals surface area contributed by atoms with E-state index in [0.717, 1.165) is 4.90 Å². The van der Waals surface area contributed by atoms with Crippen molar-refractivity contribution in [3.05, 3.63) is 35.3 Å². The van der Waals surface area contributed by atoms with Gasteiger partial charge in [-0.25, -0.2) is 4.98 Å². The lowest BCUT2D eigenvalue weighted by Crippen LogP contribution is -2.13. The molecular weight excluding hydrogens is 280 g/mol. The van der Waals surface area contributed by atoms with Crippen LogP contribution in [0, 0.1) is 11.3 Å². The molecule has 0 saturated heterocycles. The number of pyridine rings is 1. The van der Waals surface area contributed by atoms with E-state index in [2.05, 4.69) is 10.3 Å². The first-order valence-corrected chi connectivity index (χ1v) is 7.17. The highest BCUT2D eigenvalue weighted by molar-refractivity contribution is 8.00. The van der Waals surface area contributed by atoms with E-state index in [1.807, 2.05) is 12.1 Å². The van der Waals surface area contributed by atoms with Crippen LogP contribution >= 0.6 is 23.1 Å². The van der Waals surface area contributed by atoms with Crippen molar-refractivity contribution in [2.75, 3.05) is 16.8 Å². The molecule has 2 aromatic rings. The topological polar surface area (TPSA) is 91.8 Å². The summed E-state index contributed by atoms with van der Waals surface area (Å²) in [6.45, 7) is 0. The molecule has 2 aromatic heterocycles. The number of hydrogen-bond donors (Lipinski definition) is 2. The number of amides is 1. The van der Waals surface area contributed by atoms with Gasteiger partial charge < -0.3 is 11.1 Å². The molecule has 0 radical (unpaired) electrons. The van der Waals surface area contributed by atoms with Crippen molar-refractivity contribution in [1.29, 1.82) is 5.26 Å². The number of nitrogens with two attached hydrogens (primary N) is 1. The van der Waals surface area contributed by atoms with Gasteiger partial charge in [0, 0.05) is 11.1 Å². The number of rotatable bonds is 4. The molecule has 2 heterocycles. The van der Waals surface area contributed by atoms with Crippen molar-refractivity contribution in [2.24, 2.45) is 0 Å². The third-order valence-electron chi connectivity index (χ3n) is 2.17. The van der Waals surface area contributed by atoms with Gasteiger partial charge in [-0.2, -0.15) is 5.26 Å². The summed E-state index contributed by atoms with van der Waals surface area (Å²) in [6.07, 6.45) is 1.62. The van der Waals surface area contributed by atoms with Gasteiger partial charge in [-0.05, 0) is 23.6 Å². The minimum Gasteiger partial charge on any atom is -0.384 e. The van der Waals surface area contributed by atoms with E-state index >= 15 is 0 Å². The maximum absolute atomic E-state index is 11.7. The number of thioether (sulfide) groups is 1. The van der Waals surface area contributed by atoms with Gasteiger partial charge in [0.2, 0.25) is 5.91 Å². The molecule has 96 valence electrons. The molecule has 0 aromatic carbocycles. The fourth-order valence-corrected chi connectivity index (χ4v) is 2.70. The summed E-state index contributed by atoms with van der Waals surface area (Å²) in [5.41, 5.74) is 5.96. The summed E-state index contributed by atoms with van der Waals surface area (Å²) < 4.78 is 0. The second-order valence-corrected chi connectivity index (χ2v) is 5.50. The van der Waals surface area contributed by atoms with Crippen molar-refractivity contribution in [2.45, 2.75) is 4.90 Å². The lowest BCUT2D eigenvalue weighted by Gasteiger charge is -2.03. The van der Waals surface area contributed by atoms with Crippen LogP contribution in [0.4, 0.5) is 10.8 Å². The average molecular weight is 290 g/mol. The number of carbonyl (C=O) groups excluding carboxylic acids is 1. The maximum atomic E-state index is 11.7. The highest BCUT2D eigenvalue weighted by Crippen LogP contribution is 2.23. The Kier molecular flexibility index (Phi) is 4.39. The predicted molar refractivity (Wildman–Crippen MR) is 77.0 cm³/mol. The molecule has 0 aliphatic rings. The number of nitrogen functional groups attached to an aromatic ring is 1. The lowest BCUT2D eigenvalue weighted by molar-refractivity contribution is -0.113. The normalized spacial score (nSPS) is 9.84. The summed E-state index contributed by atoms with van der Waals surface area (Å²) >= 11 is 2.70. The molecule has 0 atom stereocenters. The number of thiophene rings is 1. The van der Waals surface area contributed by atoms with E-state index < -0.39 is 0 Å². The van der Waals surface area contributed by atoms with Gasteiger partial charge in [-0.1, -0.05) is 0 Å². The number of anilines is 2. The Hall–Kier alpha value is -2.04. The van der Waals surface area contributed by atoms with Crippen LogP contribution in [0.3, 0.4) is 0 Å². The molecule has 1 amide bonds. The summed E-state index contributed by atoms with van der Waals surface area (Å²) in [5.74, 6) is 0.556. The van der Waals surface area contributed by atoms with Crippen LogP contribution in [0.15, 0.2) is 34.7 Å². The van der Waals surface area contributed by atoms with E-state index in [1.54, 1.807) is 23.7 Å². The van der Waals surface area contributed by atoms with Crippen LogP contribution in [-0.4, -0.2) is 16.6 Å². The first-order chi connectivity index (χ1) is 9.19. The van der Waals surface area contributed by atoms with Crippen LogP contribution in [0.2, 0.25) is 0 Å². The molecule has 0 aliphatic carbocycles. The Balaban J connectivity index is 1.89. The fourth-order valence-electron chi connectivity index (χ4n) is 1.28. The number of nitrogens with one attached hydrogen (secondary N) is 1. The standard InChI is InChI=1S/C12H10N4OS2/c13-5-8-3-4-18-12(8)16-11(17)7-19-9-1-2-10(14)15-6-9/h1-4,6H,7H2,(H2,14,15)(H,16,17). The van der Waals surface area contributed by atoms with Gasteiger partial charge in [-0.15, -0.1) is 23.1 Å². The zero-order chi connectivity index (χ0) is 13.7.